The summed E-state index contributed by atoms with van der Waals surface area (Å²) in [5, 5.41) is 0.439. The van der Waals surface area contributed by atoms with Crippen molar-refractivity contribution in [1.29, 1.82) is 0 Å². The van der Waals surface area contributed by atoms with Crippen LogP contribution in [0.5, 0.6) is 5.75 Å². The Morgan fingerprint density at radius 3 is 2.48 bits per heavy atom. The van der Waals surface area contributed by atoms with Gasteiger partial charge in [-0.2, -0.15) is 0 Å². The summed E-state index contributed by atoms with van der Waals surface area (Å²) in [4.78, 5) is 11.9. The van der Waals surface area contributed by atoms with Crippen LogP contribution in [0.15, 0.2) is 18.2 Å². The number of halogens is 1. The Bertz CT molecular complexity index is 462. The molecule has 0 saturated heterocycles. The Morgan fingerprint density at radius 1 is 1.04 bits per heavy atom. The predicted molar refractivity (Wildman–Crippen MR) is 92.5 cm³/mol. The molecule has 0 heterocycles. The van der Waals surface area contributed by atoms with Gasteiger partial charge in [0.2, 0.25) is 0 Å². The third kappa shape index (κ3) is 8.24. The van der Waals surface area contributed by atoms with Crippen molar-refractivity contribution in [2.75, 3.05) is 26.9 Å². The van der Waals surface area contributed by atoms with Gasteiger partial charge in [-0.25, -0.2) is 4.79 Å². The largest absolute Gasteiger partial charge is 0.492 e. The minimum atomic E-state index is -0.362. The van der Waals surface area contributed by atoms with Crippen LogP contribution >= 0.6 is 11.6 Å². The van der Waals surface area contributed by atoms with Crippen LogP contribution in [-0.4, -0.2) is 32.9 Å². The highest BCUT2D eigenvalue weighted by Gasteiger charge is 2.10. The van der Waals surface area contributed by atoms with Gasteiger partial charge in [0.05, 0.1) is 23.8 Å². The van der Waals surface area contributed by atoms with Crippen molar-refractivity contribution in [3.8, 4) is 5.75 Å². The first-order chi connectivity index (χ1) is 11.2. The summed E-state index contributed by atoms with van der Waals surface area (Å²) in [6, 6.07) is 5.01. The van der Waals surface area contributed by atoms with Crippen LogP contribution in [0.3, 0.4) is 0 Å². The minimum Gasteiger partial charge on any atom is -0.492 e. The van der Waals surface area contributed by atoms with Crippen LogP contribution < -0.4 is 4.74 Å². The molecule has 0 aliphatic rings. The second-order valence-corrected chi connectivity index (χ2v) is 5.80. The van der Waals surface area contributed by atoms with E-state index in [0.717, 1.165) is 25.7 Å². The first kappa shape index (κ1) is 19.8. The lowest BCUT2D eigenvalue weighted by Crippen LogP contribution is -2.07. The highest BCUT2D eigenvalue weighted by atomic mass is 35.5. The van der Waals surface area contributed by atoms with E-state index in [1.807, 2.05) is 0 Å². The Hall–Kier alpha value is -1.26. The molecular weight excluding hydrogens is 316 g/mol. The van der Waals surface area contributed by atoms with E-state index >= 15 is 0 Å². The second-order valence-electron chi connectivity index (χ2n) is 5.39. The molecule has 4 nitrogen and oxygen atoms in total. The summed E-state index contributed by atoms with van der Waals surface area (Å²) in [5.41, 5.74) is 0.445. The summed E-state index contributed by atoms with van der Waals surface area (Å²) in [6.45, 7) is 3.87. The number of rotatable bonds is 12. The van der Waals surface area contributed by atoms with Crippen molar-refractivity contribution in [2.24, 2.45) is 0 Å². The van der Waals surface area contributed by atoms with E-state index < -0.39 is 0 Å². The van der Waals surface area contributed by atoms with Gasteiger partial charge in [-0.05, 0) is 37.5 Å². The van der Waals surface area contributed by atoms with Gasteiger partial charge < -0.3 is 14.2 Å². The molecule has 1 aromatic rings. The van der Waals surface area contributed by atoms with Gasteiger partial charge in [0.25, 0.3) is 0 Å². The van der Waals surface area contributed by atoms with Gasteiger partial charge in [0.1, 0.15) is 5.75 Å². The number of benzene rings is 1. The van der Waals surface area contributed by atoms with E-state index in [1.165, 1.54) is 12.8 Å². The van der Waals surface area contributed by atoms with Crippen LogP contribution in [0, 0.1) is 0 Å². The number of unbranched alkanes of at least 4 members (excludes halogenated alkanes) is 4. The average molecular weight is 343 g/mol. The Balaban J connectivity index is 2.37. The third-order valence-corrected chi connectivity index (χ3v) is 3.69. The number of ether oxygens (including phenoxy) is 3. The molecule has 0 aliphatic carbocycles. The van der Waals surface area contributed by atoms with Gasteiger partial charge in [-0.15, -0.1) is 0 Å². The Kier molecular flexibility index (Phi) is 10.5. The van der Waals surface area contributed by atoms with E-state index in [-0.39, 0.29) is 5.97 Å². The van der Waals surface area contributed by atoms with E-state index in [0.29, 0.717) is 36.2 Å². The van der Waals surface area contributed by atoms with Crippen molar-refractivity contribution in [2.45, 2.75) is 45.4 Å². The van der Waals surface area contributed by atoms with Crippen LogP contribution in [0.1, 0.15) is 55.8 Å². The fourth-order valence-electron chi connectivity index (χ4n) is 2.05. The normalized spacial score (nSPS) is 10.6. The average Bonchev–Trinajstić information content (AvgIpc) is 2.55. The summed E-state index contributed by atoms with van der Waals surface area (Å²) in [7, 11) is 1.65. The van der Waals surface area contributed by atoms with Gasteiger partial charge in [-0.3, -0.25) is 0 Å². The molecule has 0 saturated carbocycles. The standard InChI is InChI=1S/C18H27ClO4/c1-3-4-5-6-12-22-17-10-9-15(14-16(17)19)18(20)23-13-8-7-11-21-2/h9-10,14H,3-8,11-13H2,1-2H3. The molecule has 0 unspecified atom stereocenters. The van der Waals surface area contributed by atoms with Crippen LogP contribution in [0.25, 0.3) is 0 Å². The number of hydrogen-bond donors (Lipinski definition) is 0. The summed E-state index contributed by atoms with van der Waals surface area (Å²) in [5.74, 6) is 0.249. The molecule has 0 spiro atoms. The van der Waals surface area contributed by atoms with Crippen molar-refractivity contribution >= 4 is 17.6 Å². The predicted octanol–water partition coefficient (Wildman–Crippen LogP) is 4.88. The monoisotopic (exact) mass is 342 g/mol. The van der Waals surface area contributed by atoms with Crippen molar-refractivity contribution in [3.05, 3.63) is 28.8 Å². The molecular formula is C18H27ClO4. The molecule has 0 N–H and O–H groups in total. The number of methoxy groups -OCH3 is 1. The molecule has 0 amide bonds. The first-order valence-corrected chi connectivity index (χ1v) is 8.65. The Morgan fingerprint density at radius 2 is 1.78 bits per heavy atom. The van der Waals surface area contributed by atoms with Crippen LogP contribution in [0.2, 0.25) is 5.02 Å². The number of carbonyl (C=O) groups is 1. The molecule has 0 bridgehead atoms. The molecule has 5 heteroatoms. The van der Waals surface area contributed by atoms with Crippen molar-refractivity contribution in [1.82, 2.24) is 0 Å². The van der Waals surface area contributed by atoms with Gasteiger partial charge in [0.15, 0.2) is 0 Å². The zero-order chi connectivity index (χ0) is 16.9. The maximum atomic E-state index is 11.9. The molecule has 0 aliphatic heterocycles. The number of carbonyl (C=O) groups excluding carboxylic acids is 1. The van der Waals surface area contributed by atoms with Crippen molar-refractivity contribution in [3.63, 3.8) is 0 Å². The molecule has 0 fully saturated rings. The molecule has 0 atom stereocenters. The smallest absolute Gasteiger partial charge is 0.338 e. The molecule has 0 aromatic heterocycles. The first-order valence-electron chi connectivity index (χ1n) is 8.27. The highest BCUT2D eigenvalue weighted by molar-refractivity contribution is 6.32. The summed E-state index contributed by atoms with van der Waals surface area (Å²) in [6.07, 6.45) is 6.23. The third-order valence-electron chi connectivity index (χ3n) is 3.40. The number of esters is 1. The van der Waals surface area contributed by atoms with Crippen molar-refractivity contribution < 1.29 is 19.0 Å². The lowest BCUT2D eigenvalue weighted by atomic mass is 10.2. The van der Waals surface area contributed by atoms with E-state index in [9.17, 15) is 4.79 Å². The summed E-state index contributed by atoms with van der Waals surface area (Å²) >= 11 is 6.17. The summed E-state index contributed by atoms with van der Waals surface area (Å²) < 4.78 is 15.8. The highest BCUT2D eigenvalue weighted by Crippen LogP contribution is 2.26. The molecule has 23 heavy (non-hydrogen) atoms. The van der Waals surface area contributed by atoms with E-state index in [1.54, 1.807) is 25.3 Å². The van der Waals surface area contributed by atoms with Gasteiger partial charge >= 0.3 is 5.97 Å². The molecule has 130 valence electrons. The maximum Gasteiger partial charge on any atom is 0.338 e. The fourth-order valence-corrected chi connectivity index (χ4v) is 2.29. The fraction of sp³-hybridized carbons (Fsp3) is 0.611. The Labute approximate surface area is 144 Å². The molecule has 0 radical (unpaired) electrons. The minimum absolute atomic E-state index is 0.362. The zero-order valence-electron chi connectivity index (χ0n) is 14.1. The lowest BCUT2D eigenvalue weighted by Gasteiger charge is -2.09. The maximum absolute atomic E-state index is 11.9. The quantitative estimate of drug-likeness (QED) is 0.401. The second kappa shape index (κ2) is 12.2. The van der Waals surface area contributed by atoms with Gasteiger partial charge in [-0.1, -0.05) is 37.8 Å². The molecule has 1 rings (SSSR count). The topological polar surface area (TPSA) is 44.8 Å². The number of hydrogen-bond acceptors (Lipinski definition) is 4. The van der Waals surface area contributed by atoms with E-state index in [4.69, 9.17) is 25.8 Å². The van der Waals surface area contributed by atoms with E-state index in [2.05, 4.69) is 6.92 Å². The zero-order valence-corrected chi connectivity index (χ0v) is 14.9. The molecule has 1 aromatic carbocycles. The SMILES string of the molecule is CCCCCCOc1ccc(C(=O)OCCCCOC)cc1Cl. The van der Waals surface area contributed by atoms with Gasteiger partial charge in [0, 0.05) is 13.7 Å². The van der Waals surface area contributed by atoms with Crippen LogP contribution in [0.4, 0.5) is 0 Å². The van der Waals surface area contributed by atoms with Crippen LogP contribution in [-0.2, 0) is 9.47 Å². The lowest BCUT2D eigenvalue weighted by molar-refractivity contribution is 0.0489.